The van der Waals surface area contributed by atoms with Crippen molar-refractivity contribution in [2.45, 2.75) is 90.8 Å². The first kappa shape index (κ1) is 20.4. The van der Waals surface area contributed by atoms with E-state index in [2.05, 4.69) is 55.5 Å². The van der Waals surface area contributed by atoms with Gasteiger partial charge in [-0.15, -0.1) is 0 Å². The van der Waals surface area contributed by atoms with Gasteiger partial charge in [-0.05, 0) is 85.9 Å². The molecule has 30 heavy (non-hydrogen) atoms. The Bertz CT molecular complexity index is 905. The Hall–Kier alpha value is -0.200. The van der Waals surface area contributed by atoms with Gasteiger partial charge in [-0.25, -0.2) is 0 Å². The van der Waals surface area contributed by atoms with Crippen LogP contribution in [-0.2, 0) is 4.79 Å². The maximum Gasteiger partial charge on any atom is 0.202 e. The molecule has 0 amide bonds. The lowest BCUT2D eigenvalue weighted by molar-refractivity contribution is -0.296. The molecule has 0 aliphatic heterocycles. The molecule has 6 aliphatic carbocycles. The Labute approximate surface area is 193 Å². The van der Waals surface area contributed by atoms with Gasteiger partial charge in [-0.2, -0.15) is 0 Å². The highest BCUT2D eigenvalue weighted by Crippen LogP contribution is 2.79. The molecule has 3 nitrogen and oxygen atoms in total. The minimum absolute atomic E-state index is 0.0426. The molecule has 6 rings (SSSR count). The third-order valence-electron chi connectivity index (χ3n) is 11.2. The molecule has 3 saturated carbocycles. The van der Waals surface area contributed by atoms with Gasteiger partial charge in [0.05, 0.1) is 5.41 Å². The fraction of sp³-hybridized carbons (Fsp3) is 0.808. The van der Waals surface area contributed by atoms with Gasteiger partial charge in [0.2, 0.25) is 3.79 Å². The molecule has 4 heteroatoms. The van der Waals surface area contributed by atoms with Gasteiger partial charge in [-0.1, -0.05) is 44.1 Å². The lowest BCUT2D eigenvalue weighted by Gasteiger charge is -2.64. The van der Waals surface area contributed by atoms with Crippen LogP contribution in [0.1, 0.15) is 85.0 Å². The largest absolute Gasteiger partial charge is 0.365 e. The molecule has 0 radical (unpaired) electrons. The van der Waals surface area contributed by atoms with Crippen molar-refractivity contribution in [3.05, 3.63) is 23.3 Å². The van der Waals surface area contributed by atoms with Crippen molar-refractivity contribution < 1.29 is 15.0 Å². The predicted molar refractivity (Wildman–Crippen MR) is 125 cm³/mol. The van der Waals surface area contributed by atoms with E-state index in [9.17, 15) is 15.0 Å². The molecular formula is C26H35IO3. The van der Waals surface area contributed by atoms with Crippen LogP contribution in [0.4, 0.5) is 0 Å². The first-order valence-electron chi connectivity index (χ1n) is 12.0. The number of rotatable bonds is 1. The van der Waals surface area contributed by atoms with Crippen molar-refractivity contribution in [1.82, 2.24) is 0 Å². The molecule has 0 heterocycles. The van der Waals surface area contributed by atoms with Crippen LogP contribution in [0.25, 0.3) is 0 Å². The molecule has 3 fully saturated rings. The van der Waals surface area contributed by atoms with E-state index in [1.807, 2.05) is 0 Å². The Kier molecular flexibility index (Phi) is 3.84. The van der Waals surface area contributed by atoms with E-state index in [0.29, 0.717) is 22.0 Å². The zero-order chi connectivity index (χ0) is 21.4. The maximum absolute atomic E-state index is 12.8. The van der Waals surface area contributed by atoms with Gasteiger partial charge >= 0.3 is 0 Å². The number of fused-ring (bicyclic) bond motifs is 2. The predicted octanol–water partition coefficient (Wildman–Crippen LogP) is 5.69. The summed E-state index contributed by atoms with van der Waals surface area (Å²) in [4.78, 5) is 12.8. The zero-order valence-corrected chi connectivity index (χ0v) is 20.7. The summed E-state index contributed by atoms with van der Waals surface area (Å²) >= 11 is 2.05. The molecule has 2 bridgehead atoms. The lowest BCUT2D eigenvalue weighted by Crippen LogP contribution is -2.62. The van der Waals surface area contributed by atoms with E-state index >= 15 is 0 Å². The first-order chi connectivity index (χ1) is 13.9. The van der Waals surface area contributed by atoms with E-state index in [4.69, 9.17) is 0 Å². The number of carbonyl (C=O) groups is 1. The molecule has 1 spiro atoms. The highest BCUT2D eigenvalue weighted by molar-refractivity contribution is 14.1. The standard InChI is InChI=1S/C26H35IO3/c1-21(2)14-23(15-21)12-16-4-5-19-17(18(16)13-26(23,29)30)6-7-22(3)24(19)8-10-25(22,11-9-24)20(27)28/h8,10,17,19,29-30H,4-7,9,11-15H2,1-3H3/t17-,19-,22+,24?,25-/m1/s1. The molecule has 2 N–H and O–H groups in total. The summed E-state index contributed by atoms with van der Waals surface area (Å²) in [6, 6.07) is 0. The average molecular weight is 522 g/mol. The van der Waals surface area contributed by atoms with Crippen molar-refractivity contribution in [1.29, 1.82) is 0 Å². The summed E-state index contributed by atoms with van der Waals surface area (Å²) in [6.07, 6.45) is 14.5. The normalized spacial score (nSPS) is 48.7. The van der Waals surface area contributed by atoms with Crippen molar-refractivity contribution in [3.63, 3.8) is 0 Å². The summed E-state index contributed by atoms with van der Waals surface area (Å²) in [7, 11) is 0. The van der Waals surface area contributed by atoms with Crippen molar-refractivity contribution >= 4 is 26.4 Å². The first-order valence-corrected chi connectivity index (χ1v) is 13.0. The Balaban J connectivity index is 1.37. The Morgan fingerprint density at radius 1 is 1.03 bits per heavy atom. The maximum atomic E-state index is 12.8. The smallest absolute Gasteiger partial charge is 0.202 e. The minimum Gasteiger partial charge on any atom is -0.365 e. The van der Waals surface area contributed by atoms with E-state index in [1.54, 1.807) is 5.57 Å². The van der Waals surface area contributed by atoms with Gasteiger partial charge in [0.15, 0.2) is 5.79 Å². The molecule has 5 atom stereocenters. The number of aliphatic hydroxyl groups is 2. The van der Waals surface area contributed by atoms with E-state index in [1.165, 1.54) is 12.0 Å². The third kappa shape index (κ3) is 2.09. The van der Waals surface area contributed by atoms with E-state index in [0.717, 1.165) is 51.4 Å². The van der Waals surface area contributed by atoms with Crippen molar-refractivity contribution in [2.75, 3.05) is 0 Å². The molecule has 0 aromatic rings. The van der Waals surface area contributed by atoms with Crippen molar-refractivity contribution in [3.8, 4) is 0 Å². The second-order valence-corrected chi connectivity index (χ2v) is 13.8. The van der Waals surface area contributed by atoms with Crippen LogP contribution in [0.5, 0.6) is 0 Å². The summed E-state index contributed by atoms with van der Waals surface area (Å²) < 4.78 is 0.323. The Morgan fingerprint density at radius 2 is 1.77 bits per heavy atom. The molecule has 1 unspecified atom stereocenters. The lowest BCUT2D eigenvalue weighted by atomic mass is 9.42. The monoisotopic (exact) mass is 522 g/mol. The van der Waals surface area contributed by atoms with Crippen LogP contribution >= 0.6 is 22.6 Å². The summed E-state index contributed by atoms with van der Waals surface area (Å²) in [5.41, 5.74) is 2.75. The zero-order valence-electron chi connectivity index (χ0n) is 18.6. The highest BCUT2D eigenvalue weighted by Gasteiger charge is 2.73. The van der Waals surface area contributed by atoms with Gasteiger partial charge in [-0.3, -0.25) is 4.79 Å². The van der Waals surface area contributed by atoms with E-state index < -0.39 is 5.79 Å². The topological polar surface area (TPSA) is 57.5 Å². The summed E-state index contributed by atoms with van der Waals surface area (Å²) in [6.45, 7) is 6.90. The van der Waals surface area contributed by atoms with Gasteiger partial charge in [0, 0.05) is 34.4 Å². The van der Waals surface area contributed by atoms with Crippen LogP contribution < -0.4 is 0 Å². The molecule has 164 valence electrons. The average Bonchev–Trinajstić information content (AvgIpc) is 3.06. The molecule has 0 aromatic carbocycles. The number of allylic oxidation sites excluding steroid dienone is 3. The van der Waals surface area contributed by atoms with Gasteiger partial charge in [0.25, 0.3) is 0 Å². The number of halogens is 1. The van der Waals surface area contributed by atoms with Gasteiger partial charge in [0.1, 0.15) is 0 Å². The summed E-state index contributed by atoms with van der Waals surface area (Å²) in [5.74, 6) is -0.548. The van der Waals surface area contributed by atoms with Crippen LogP contribution in [0.3, 0.4) is 0 Å². The fourth-order valence-electron chi connectivity index (χ4n) is 10.0. The van der Waals surface area contributed by atoms with Crippen LogP contribution in [0.15, 0.2) is 23.3 Å². The SMILES string of the molecule is CC1(C)CC2(CC3=C(CC2(O)O)[C@H]2CC[C@@]4(C)C5(C=C[C@]4(C(=O)I)CC5)[C@@H]2CC3)C1. The number of carbonyl (C=O) groups excluding carboxylic acids is 1. The minimum atomic E-state index is -1.56. The number of hydrogen-bond acceptors (Lipinski definition) is 3. The third-order valence-corrected chi connectivity index (χ3v) is 12.2. The quantitative estimate of drug-likeness (QED) is 0.201. The highest BCUT2D eigenvalue weighted by atomic mass is 127. The molecular weight excluding hydrogens is 487 g/mol. The Morgan fingerprint density at radius 3 is 2.37 bits per heavy atom. The molecule has 0 aromatic heterocycles. The second kappa shape index (κ2) is 5.64. The van der Waals surface area contributed by atoms with Crippen LogP contribution in [0, 0.1) is 38.9 Å². The number of hydrogen-bond donors (Lipinski definition) is 2. The van der Waals surface area contributed by atoms with Crippen LogP contribution in [-0.4, -0.2) is 19.8 Å². The molecule has 0 saturated heterocycles. The van der Waals surface area contributed by atoms with Crippen LogP contribution in [0.2, 0.25) is 0 Å². The summed E-state index contributed by atoms with van der Waals surface area (Å²) in [5, 5.41) is 22.5. The van der Waals surface area contributed by atoms with Gasteiger partial charge < -0.3 is 10.2 Å². The van der Waals surface area contributed by atoms with Crippen molar-refractivity contribution in [2.24, 2.45) is 38.9 Å². The second-order valence-electron chi connectivity index (χ2n) is 12.8. The van der Waals surface area contributed by atoms with E-state index in [-0.39, 0.29) is 27.1 Å². The fourth-order valence-corrected chi connectivity index (χ4v) is 11.1. The molecule has 6 aliphatic rings.